The Kier molecular flexibility index (Phi) is 5.55. The smallest absolute Gasteiger partial charge is 0.120 e. The Morgan fingerprint density at radius 3 is 2.04 bits per heavy atom. The lowest BCUT2D eigenvalue weighted by molar-refractivity contribution is 0.131. The average Bonchev–Trinajstić information content (AvgIpc) is 2.57. The summed E-state index contributed by atoms with van der Waals surface area (Å²) in [5, 5.41) is 0.793. The lowest BCUT2D eigenvalue weighted by atomic mass is 10.1. The van der Waals surface area contributed by atoms with Crippen LogP contribution < -0.4 is 9.64 Å². The lowest BCUT2D eigenvalue weighted by Crippen LogP contribution is -2.45. The number of ether oxygens (including phenoxy) is 1. The molecule has 2 aromatic carbocycles. The molecule has 0 atom stereocenters. The summed E-state index contributed by atoms with van der Waals surface area (Å²) in [4.78, 5) is 4.93. The largest absolute Gasteiger partial charge is 0.488 e. The van der Waals surface area contributed by atoms with Crippen molar-refractivity contribution in [3.63, 3.8) is 0 Å². The zero-order valence-electron chi connectivity index (χ0n) is 15.3. The predicted octanol–water partition coefficient (Wildman–Crippen LogP) is 4.84. The van der Waals surface area contributed by atoms with Gasteiger partial charge in [0.25, 0.3) is 0 Å². The SMILES string of the molecule is CC(C)(C)Oc1ccc(CN2CCN(c3ccc(Cl)cc3)CC2)cc1. The van der Waals surface area contributed by atoms with E-state index in [4.69, 9.17) is 16.3 Å². The number of halogens is 1. The van der Waals surface area contributed by atoms with Crippen LogP contribution in [0, 0.1) is 0 Å². The first-order valence-electron chi connectivity index (χ1n) is 8.90. The first-order chi connectivity index (χ1) is 11.9. The van der Waals surface area contributed by atoms with Crippen molar-refractivity contribution in [2.45, 2.75) is 32.9 Å². The third kappa shape index (κ3) is 5.38. The quantitative estimate of drug-likeness (QED) is 0.777. The Labute approximate surface area is 156 Å². The third-order valence-electron chi connectivity index (χ3n) is 4.32. The number of benzene rings is 2. The van der Waals surface area contributed by atoms with Gasteiger partial charge in [0.15, 0.2) is 0 Å². The molecule has 0 aliphatic carbocycles. The highest BCUT2D eigenvalue weighted by atomic mass is 35.5. The molecule has 1 aliphatic rings. The molecule has 1 heterocycles. The van der Waals surface area contributed by atoms with E-state index in [1.54, 1.807) is 0 Å². The van der Waals surface area contributed by atoms with E-state index in [2.05, 4.69) is 67.0 Å². The molecule has 0 N–H and O–H groups in total. The van der Waals surface area contributed by atoms with Gasteiger partial charge in [0, 0.05) is 43.4 Å². The van der Waals surface area contributed by atoms with Crippen LogP contribution in [0.3, 0.4) is 0 Å². The second kappa shape index (κ2) is 7.67. The third-order valence-corrected chi connectivity index (χ3v) is 4.57. The van der Waals surface area contributed by atoms with Gasteiger partial charge in [-0.05, 0) is 62.7 Å². The molecule has 0 spiro atoms. The van der Waals surface area contributed by atoms with Crippen LogP contribution in [0.2, 0.25) is 5.02 Å². The fourth-order valence-corrected chi connectivity index (χ4v) is 3.22. The molecule has 0 radical (unpaired) electrons. The summed E-state index contributed by atoms with van der Waals surface area (Å²) in [6.45, 7) is 11.4. The maximum Gasteiger partial charge on any atom is 0.120 e. The zero-order chi connectivity index (χ0) is 17.9. The van der Waals surface area contributed by atoms with Crippen LogP contribution in [0.15, 0.2) is 48.5 Å². The van der Waals surface area contributed by atoms with E-state index < -0.39 is 0 Å². The number of rotatable bonds is 4. The summed E-state index contributed by atoms with van der Waals surface area (Å²) in [7, 11) is 0. The predicted molar refractivity (Wildman–Crippen MR) is 106 cm³/mol. The van der Waals surface area contributed by atoms with Gasteiger partial charge in [0.1, 0.15) is 11.4 Å². The van der Waals surface area contributed by atoms with Crippen molar-refractivity contribution in [2.24, 2.45) is 0 Å². The Morgan fingerprint density at radius 1 is 0.880 bits per heavy atom. The molecule has 0 saturated carbocycles. The van der Waals surface area contributed by atoms with Gasteiger partial charge >= 0.3 is 0 Å². The van der Waals surface area contributed by atoms with Gasteiger partial charge in [-0.1, -0.05) is 23.7 Å². The molecule has 1 saturated heterocycles. The Bertz CT molecular complexity index is 669. The Hall–Kier alpha value is -1.71. The van der Waals surface area contributed by atoms with Crippen LogP contribution in [0.5, 0.6) is 5.75 Å². The maximum atomic E-state index is 5.97. The minimum absolute atomic E-state index is 0.153. The van der Waals surface area contributed by atoms with Gasteiger partial charge < -0.3 is 9.64 Å². The molecule has 3 nitrogen and oxygen atoms in total. The summed E-state index contributed by atoms with van der Waals surface area (Å²) in [5.74, 6) is 0.934. The molecule has 134 valence electrons. The van der Waals surface area contributed by atoms with Crippen molar-refractivity contribution in [1.82, 2.24) is 4.90 Å². The van der Waals surface area contributed by atoms with E-state index in [9.17, 15) is 0 Å². The molecule has 0 amide bonds. The number of hydrogen-bond donors (Lipinski definition) is 0. The molecule has 1 aliphatic heterocycles. The summed E-state index contributed by atoms with van der Waals surface area (Å²) >= 11 is 5.97. The molecule has 0 unspecified atom stereocenters. The molecule has 2 aromatic rings. The topological polar surface area (TPSA) is 15.7 Å². The number of nitrogens with zero attached hydrogens (tertiary/aromatic N) is 2. The molecule has 1 fully saturated rings. The number of anilines is 1. The van der Waals surface area contributed by atoms with E-state index in [1.807, 2.05) is 12.1 Å². The summed E-state index contributed by atoms with van der Waals surface area (Å²) in [6.07, 6.45) is 0. The van der Waals surface area contributed by atoms with Crippen LogP contribution in [-0.4, -0.2) is 36.7 Å². The van der Waals surface area contributed by atoms with Crippen molar-refractivity contribution < 1.29 is 4.74 Å². The molecular formula is C21H27ClN2O. The Balaban J connectivity index is 1.51. The van der Waals surface area contributed by atoms with Crippen molar-refractivity contribution >= 4 is 17.3 Å². The second-order valence-electron chi connectivity index (χ2n) is 7.60. The first-order valence-corrected chi connectivity index (χ1v) is 9.28. The molecule has 25 heavy (non-hydrogen) atoms. The fourth-order valence-electron chi connectivity index (χ4n) is 3.09. The van der Waals surface area contributed by atoms with Gasteiger partial charge in [-0.15, -0.1) is 0 Å². The van der Waals surface area contributed by atoms with Crippen molar-refractivity contribution in [3.8, 4) is 5.75 Å². The van der Waals surface area contributed by atoms with Crippen LogP contribution in [0.25, 0.3) is 0 Å². The maximum absolute atomic E-state index is 5.97. The van der Waals surface area contributed by atoms with E-state index in [1.165, 1.54) is 11.3 Å². The monoisotopic (exact) mass is 358 g/mol. The van der Waals surface area contributed by atoms with Crippen molar-refractivity contribution in [2.75, 3.05) is 31.1 Å². The van der Waals surface area contributed by atoms with Crippen LogP contribution in [-0.2, 0) is 6.54 Å². The second-order valence-corrected chi connectivity index (χ2v) is 8.03. The van der Waals surface area contributed by atoms with Crippen LogP contribution in [0.4, 0.5) is 5.69 Å². The number of piperazine rings is 1. The normalized spacial score (nSPS) is 16.1. The molecule has 0 bridgehead atoms. The zero-order valence-corrected chi connectivity index (χ0v) is 16.1. The van der Waals surface area contributed by atoms with E-state index in [0.717, 1.165) is 43.5 Å². The summed E-state index contributed by atoms with van der Waals surface area (Å²) < 4.78 is 5.89. The van der Waals surface area contributed by atoms with E-state index >= 15 is 0 Å². The van der Waals surface area contributed by atoms with Crippen LogP contribution in [0.1, 0.15) is 26.3 Å². The highest BCUT2D eigenvalue weighted by molar-refractivity contribution is 6.30. The summed E-state index contributed by atoms with van der Waals surface area (Å²) in [6, 6.07) is 16.6. The molecule has 4 heteroatoms. The van der Waals surface area contributed by atoms with Crippen molar-refractivity contribution in [3.05, 3.63) is 59.1 Å². The molecule has 0 aromatic heterocycles. The van der Waals surface area contributed by atoms with Crippen molar-refractivity contribution in [1.29, 1.82) is 0 Å². The van der Waals surface area contributed by atoms with Gasteiger partial charge in [0.2, 0.25) is 0 Å². The molecule has 3 rings (SSSR count). The molecular weight excluding hydrogens is 332 g/mol. The van der Waals surface area contributed by atoms with E-state index in [0.29, 0.717) is 0 Å². The van der Waals surface area contributed by atoms with Crippen LogP contribution >= 0.6 is 11.6 Å². The minimum Gasteiger partial charge on any atom is -0.488 e. The standard InChI is InChI=1S/C21H27ClN2O/c1-21(2,3)25-20-10-4-17(5-11-20)16-23-12-14-24(15-13-23)19-8-6-18(22)7-9-19/h4-11H,12-16H2,1-3H3. The lowest BCUT2D eigenvalue weighted by Gasteiger charge is -2.36. The highest BCUT2D eigenvalue weighted by Crippen LogP contribution is 2.21. The van der Waals surface area contributed by atoms with E-state index in [-0.39, 0.29) is 5.60 Å². The van der Waals surface area contributed by atoms with Gasteiger partial charge in [-0.2, -0.15) is 0 Å². The highest BCUT2D eigenvalue weighted by Gasteiger charge is 2.17. The fraction of sp³-hybridized carbons (Fsp3) is 0.429. The van der Waals surface area contributed by atoms with Gasteiger partial charge in [-0.25, -0.2) is 0 Å². The first kappa shape index (κ1) is 18.1. The minimum atomic E-state index is -0.153. The van der Waals surface area contributed by atoms with Gasteiger partial charge in [-0.3, -0.25) is 4.90 Å². The Morgan fingerprint density at radius 2 is 1.48 bits per heavy atom. The average molecular weight is 359 g/mol. The number of hydrogen-bond acceptors (Lipinski definition) is 3. The summed E-state index contributed by atoms with van der Waals surface area (Å²) in [5.41, 5.74) is 2.44. The van der Waals surface area contributed by atoms with Gasteiger partial charge in [0.05, 0.1) is 0 Å².